The molecule has 0 bridgehead atoms. The van der Waals surface area contributed by atoms with E-state index in [9.17, 15) is 14.4 Å². The van der Waals surface area contributed by atoms with Gasteiger partial charge >= 0.3 is 0 Å². The monoisotopic (exact) mass is 590 g/mol. The predicted molar refractivity (Wildman–Crippen MR) is 168 cm³/mol. The summed E-state index contributed by atoms with van der Waals surface area (Å²) in [5, 5.41) is 0. The summed E-state index contributed by atoms with van der Waals surface area (Å²) in [6.07, 6.45) is -0.417. The molecule has 44 heavy (non-hydrogen) atoms. The third-order valence-corrected chi connectivity index (χ3v) is 8.03. The molecule has 0 spiro atoms. The van der Waals surface area contributed by atoms with E-state index < -0.39 is 24.0 Å². The van der Waals surface area contributed by atoms with E-state index in [1.165, 1.54) is 0 Å². The van der Waals surface area contributed by atoms with E-state index in [1.807, 2.05) is 121 Å². The lowest BCUT2D eigenvalue weighted by atomic mass is 9.72. The molecular formula is C38H38O6. The molecule has 6 nitrogen and oxygen atoms in total. The molecule has 0 unspecified atom stereocenters. The maximum absolute atomic E-state index is 14.1. The summed E-state index contributed by atoms with van der Waals surface area (Å²) in [5.41, 5.74) is 3.67. The van der Waals surface area contributed by atoms with Crippen LogP contribution in [0, 0.1) is 11.8 Å². The van der Waals surface area contributed by atoms with E-state index in [-0.39, 0.29) is 56.2 Å². The van der Waals surface area contributed by atoms with E-state index in [0.29, 0.717) is 6.42 Å². The minimum atomic E-state index is -0.873. The van der Waals surface area contributed by atoms with Crippen LogP contribution in [-0.2, 0) is 54.6 Å². The molecule has 0 radical (unpaired) electrons. The zero-order valence-corrected chi connectivity index (χ0v) is 24.8. The topological polar surface area (TPSA) is 78.9 Å². The highest BCUT2D eigenvalue weighted by Gasteiger charge is 2.49. The highest BCUT2D eigenvalue weighted by atomic mass is 17.2. The molecule has 1 saturated heterocycles. The number of ether oxygens (including phenoxy) is 1. The molecule has 0 saturated carbocycles. The molecule has 1 heterocycles. The second-order valence-corrected chi connectivity index (χ2v) is 11.3. The Labute approximate surface area is 258 Å². The normalized spacial score (nSPS) is 19.7. The average Bonchev–Trinajstić information content (AvgIpc) is 3.05. The van der Waals surface area contributed by atoms with Crippen molar-refractivity contribution in [2.75, 3.05) is 13.2 Å². The first kappa shape index (κ1) is 31.2. The summed E-state index contributed by atoms with van der Waals surface area (Å²) in [6, 6.07) is 38.3. The van der Waals surface area contributed by atoms with Gasteiger partial charge in [0.1, 0.15) is 23.5 Å². The van der Waals surface area contributed by atoms with Crippen molar-refractivity contribution in [2.24, 2.45) is 11.8 Å². The van der Waals surface area contributed by atoms with Crippen LogP contribution < -0.4 is 0 Å². The van der Waals surface area contributed by atoms with Gasteiger partial charge in [-0.05, 0) is 28.7 Å². The zero-order chi connectivity index (χ0) is 30.6. The van der Waals surface area contributed by atoms with Crippen molar-refractivity contribution < 1.29 is 28.9 Å². The Kier molecular flexibility index (Phi) is 11.4. The first-order valence-corrected chi connectivity index (χ1v) is 15.2. The third kappa shape index (κ3) is 8.89. The Balaban J connectivity index is 1.38. The van der Waals surface area contributed by atoms with Crippen LogP contribution in [0.2, 0.25) is 0 Å². The lowest BCUT2D eigenvalue weighted by Gasteiger charge is -2.40. The number of carbonyl (C=O) groups excluding carboxylic acids is 3. The number of benzene rings is 4. The number of Topliss-reactive ketones (excluding diaryl/α,β-unsaturated/α-hetero) is 3. The average molecular weight is 591 g/mol. The van der Waals surface area contributed by atoms with Crippen LogP contribution >= 0.6 is 0 Å². The van der Waals surface area contributed by atoms with Gasteiger partial charge in [-0.2, -0.15) is 0 Å². The van der Waals surface area contributed by atoms with Crippen LogP contribution in [0.1, 0.15) is 28.7 Å². The number of ketones is 3. The van der Waals surface area contributed by atoms with Gasteiger partial charge in [-0.15, -0.1) is 0 Å². The number of hydrogen-bond acceptors (Lipinski definition) is 6. The Hall–Kier alpha value is -4.23. The maximum Gasteiger partial charge on any atom is 0.143 e. The maximum atomic E-state index is 14.1. The highest BCUT2D eigenvalue weighted by Crippen LogP contribution is 2.35. The molecule has 226 valence electrons. The third-order valence-electron chi connectivity index (χ3n) is 8.03. The molecule has 1 aliphatic rings. The molecule has 4 aromatic carbocycles. The predicted octanol–water partition coefficient (Wildman–Crippen LogP) is 6.00. The van der Waals surface area contributed by atoms with Crippen molar-refractivity contribution in [1.29, 1.82) is 0 Å². The Morgan fingerprint density at radius 3 is 1.57 bits per heavy atom. The number of hydrogen-bond donors (Lipinski definition) is 0. The van der Waals surface area contributed by atoms with Gasteiger partial charge < -0.3 is 4.74 Å². The molecule has 1 fully saturated rings. The molecule has 0 aromatic heterocycles. The Morgan fingerprint density at radius 2 is 1.05 bits per heavy atom. The van der Waals surface area contributed by atoms with Gasteiger partial charge in [0.05, 0.1) is 31.2 Å². The van der Waals surface area contributed by atoms with Gasteiger partial charge in [0.15, 0.2) is 0 Å². The summed E-state index contributed by atoms with van der Waals surface area (Å²) < 4.78 is 6.22. The molecule has 6 heteroatoms. The fourth-order valence-electron chi connectivity index (χ4n) is 5.87. The molecule has 5 rings (SSSR count). The molecule has 1 aliphatic heterocycles. The van der Waals surface area contributed by atoms with Crippen molar-refractivity contribution in [3.8, 4) is 0 Å². The quantitative estimate of drug-likeness (QED) is 0.0960. The first-order valence-electron chi connectivity index (χ1n) is 15.2. The van der Waals surface area contributed by atoms with Crippen LogP contribution in [0.5, 0.6) is 0 Å². The summed E-state index contributed by atoms with van der Waals surface area (Å²) in [5.74, 6) is -2.05. The lowest BCUT2D eigenvalue weighted by Crippen LogP contribution is -2.54. The molecule has 4 aromatic rings. The van der Waals surface area contributed by atoms with Crippen molar-refractivity contribution in [2.45, 2.75) is 44.3 Å². The van der Waals surface area contributed by atoms with Crippen molar-refractivity contribution in [1.82, 2.24) is 0 Å². The minimum absolute atomic E-state index is 0.0246. The summed E-state index contributed by atoms with van der Waals surface area (Å²) in [7, 11) is 0. The van der Waals surface area contributed by atoms with Crippen molar-refractivity contribution in [3.63, 3.8) is 0 Å². The molecule has 0 aliphatic carbocycles. The molecule has 0 amide bonds. The van der Waals surface area contributed by atoms with Gasteiger partial charge in [-0.25, -0.2) is 9.78 Å². The van der Waals surface area contributed by atoms with Gasteiger partial charge in [0.25, 0.3) is 0 Å². The summed E-state index contributed by atoms with van der Waals surface area (Å²) in [4.78, 5) is 53.0. The van der Waals surface area contributed by atoms with Gasteiger partial charge in [-0.3, -0.25) is 14.4 Å². The van der Waals surface area contributed by atoms with Crippen LogP contribution in [-0.4, -0.2) is 42.8 Å². The smallest absolute Gasteiger partial charge is 0.143 e. The standard InChI is InChI=1S/C38H38O6/c39-32(23-29-15-7-2-8-16-29)26-35-37(33(40)24-30-17-9-3-10-18-30)38(34(41)25-31-19-11-4-12-20-31)36(27-42-35)44-43-22-21-28-13-5-1-6-14-28/h1-20,35-38H,21-27H2/t35-,36+,37+,38-/m1/s1. The SMILES string of the molecule is O=C(Cc1ccccc1)C[C@H]1OC[C@H](OOCCc2ccccc2)[C@@H](C(=O)Cc2ccccc2)[C@H]1C(=O)Cc1ccccc1. The van der Waals surface area contributed by atoms with Crippen molar-refractivity contribution in [3.05, 3.63) is 144 Å². The molecular weight excluding hydrogens is 552 g/mol. The van der Waals surface area contributed by atoms with Gasteiger partial charge in [0, 0.05) is 25.7 Å². The Morgan fingerprint density at radius 1 is 0.591 bits per heavy atom. The largest absolute Gasteiger partial charge is 0.374 e. The lowest BCUT2D eigenvalue weighted by molar-refractivity contribution is -0.349. The minimum Gasteiger partial charge on any atom is -0.374 e. The van der Waals surface area contributed by atoms with Crippen LogP contribution in [0.15, 0.2) is 121 Å². The first-order chi connectivity index (χ1) is 21.6. The van der Waals surface area contributed by atoms with E-state index in [4.69, 9.17) is 14.5 Å². The number of carbonyl (C=O) groups is 3. The van der Waals surface area contributed by atoms with Crippen LogP contribution in [0.4, 0.5) is 0 Å². The number of rotatable bonds is 15. The van der Waals surface area contributed by atoms with Crippen molar-refractivity contribution >= 4 is 17.3 Å². The second kappa shape index (κ2) is 16.0. The van der Waals surface area contributed by atoms with Crippen LogP contribution in [0.3, 0.4) is 0 Å². The van der Waals surface area contributed by atoms with E-state index >= 15 is 0 Å². The van der Waals surface area contributed by atoms with Crippen LogP contribution in [0.25, 0.3) is 0 Å². The molecule has 0 N–H and O–H groups in total. The van der Waals surface area contributed by atoms with E-state index in [1.54, 1.807) is 0 Å². The summed E-state index contributed by atoms with van der Waals surface area (Å²) >= 11 is 0. The van der Waals surface area contributed by atoms with E-state index in [0.717, 1.165) is 22.3 Å². The fraction of sp³-hybridized carbons (Fsp3) is 0.289. The Bertz CT molecular complexity index is 1470. The zero-order valence-electron chi connectivity index (χ0n) is 24.8. The summed E-state index contributed by atoms with van der Waals surface area (Å²) in [6.45, 7) is 0.316. The van der Waals surface area contributed by atoms with Gasteiger partial charge in [0.2, 0.25) is 0 Å². The second-order valence-electron chi connectivity index (χ2n) is 11.3. The van der Waals surface area contributed by atoms with Gasteiger partial charge in [-0.1, -0.05) is 121 Å². The van der Waals surface area contributed by atoms with E-state index in [2.05, 4.69) is 0 Å². The highest BCUT2D eigenvalue weighted by molar-refractivity contribution is 5.93. The fourth-order valence-corrected chi connectivity index (χ4v) is 5.87. The molecule has 4 atom stereocenters.